The van der Waals surface area contributed by atoms with Gasteiger partial charge in [0.2, 0.25) is 11.5 Å². The standard InChI is InChI=1S/C21H13F2N5O4/c1-9-2-3-14(32-9)17(29)15-16(10-4-11(22)6-12(23)5-10)28(20(31)18(15)30)21-24-7-13-19(27-21)26-8-25-13/h2-8,30-31H,1H3,(H,24,25,26,27)/p+1. The Morgan fingerprint density at radius 3 is 2.62 bits per heavy atom. The van der Waals surface area contributed by atoms with Gasteiger partial charge in [-0.2, -0.15) is 4.57 Å². The maximum absolute atomic E-state index is 14.1. The lowest BCUT2D eigenvalue weighted by atomic mass is 10.0. The Morgan fingerprint density at radius 2 is 1.94 bits per heavy atom. The number of H-pyrrole nitrogens is 2. The number of rotatable bonds is 4. The number of aromatic nitrogens is 5. The van der Waals surface area contributed by atoms with Gasteiger partial charge in [0.1, 0.15) is 34.2 Å². The summed E-state index contributed by atoms with van der Waals surface area (Å²) >= 11 is 0. The van der Waals surface area contributed by atoms with E-state index in [-0.39, 0.29) is 28.6 Å². The van der Waals surface area contributed by atoms with Crippen LogP contribution in [0.4, 0.5) is 8.78 Å². The maximum atomic E-state index is 14.1. The second kappa shape index (κ2) is 7.01. The van der Waals surface area contributed by atoms with Gasteiger partial charge in [-0.05, 0) is 36.2 Å². The summed E-state index contributed by atoms with van der Waals surface area (Å²) in [5, 5.41) is 21.4. The molecule has 0 atom stereocenters. The van der Waals surface area contributed by atoms with Crippen molar-refractivity contribution in [3.8, 4) is 28.8 Å². The van der Waals surface area contributed by atoms with Crippen LogP contribution >= 0.6 is 0 Å². The molecule has 0 aliphatic heterocycles. The third kappa shape index (κ3) is 2.98. The number of benzene rings is 1. The summed E-state index contributed by atoms with van der Waals surface area (Å²) in [5.41, 5.74) is 0.0693. The normalized spacial score (nSPS) is 11.3. The smallest absolute Gasteiger partial charge is 0.406 e. The Hall–Kier alpha value is -4.54. The summed E-state index contributed by atoms with van der Waals surface area (Å²) in [7, 11) is 0. The van der Waals surface area contributed by atoms with Crippen LogP contribution in [0.25, 0.3) is 28.4 Å². The lowest BCUT2D eigenvalue weighted by molar-refractivity contribution is -0.375. The molecule has 0 aliphatic carbocycles. The van der Waals surface area contributed by atoms with Gasteiger partial charge in [-0.15, -0.1) is 0 Å². The fourth-order valence-electron chi connectivity index (χ4n) is 3.49. The predicted molar refractivity (Wildman–Crippen MR) is 105 cm³/mol. The minimum absolute atomic E-state index is 0.0632. The Labute approximate surface area is 177 Å². The molecule has 160 valence electrons. The quantitative estimate of drug-likeness (QED) is 0.370. The Kier molecular flexibility index (Phi) is 4.26. The van der Waals surface area contributed by atoms with E-state index >= 15 is 0 Å². The molecule has 0 radical (unpaired) electrons. The third-order valence-electron chi connectivity index (χ3n) is 4.87. The number of nitrogens with zero attached hydrogens (tertiary/aromatic N) is 3. The number of hydrogen-bond donors (Lipinski definition) is 3. The van der Waals surface area contributed by atoms with Crippen molar-refractivity contribution in [3.63, 3.8) is 0 Å². The van der Waals surface area contributed by atoms with Gasteiger partial charge in [-0.1, -0.05) is 0 Å². The maximum Gasteiger partial charge on any atom is 0.406 e. The SMILES string of the molecule is Cc1ccc(C(=O)c2c(O)c(O)n(-c3nc4nc[nH]c4c[nH+]3)c2-c2cc(F)cc(F)c2)o1. The number of hydrogen-bond acceptors (Lipinski definition) is 6. The third-order valence-corrected chi connectivity index (χ3v) is 4.87. The van der Waals surface area contributed by atoms with E-state index in [1.54, 1.807) is 13.0 Å². The van der Waals surface area contributed by atoms with Crippen molar-refractivity contribution in [2.45, 2.75) is 6.92 Å². The molecule has 0 saturated carbocycles. The Bertz CT molecular complexity index is 1500. The van der Waals surface area contributed by atoms with Crippen LogP contribution in [-0.4, -0.2) is 35.5 Å². The summed E-state index contributed by atoms with van der Waals surface area (Å²) < 4.78 is 34.5. The lowest BCUT2D eigenvalue weighted by Gasteiger charge is -2.06. The molecule has 0 unspecified atom stereocenters. The first-order valence-corrected chi connectivity index (χ1v) is 9.30. The predicted octanol–water partition coefficient (Wildman–Crippen LogP) is 3.05. The summed E-state index contributed by atoms with van der Waals surface area (Å²) in [6.07, 6.45) is 2.90. The van der Waals surface area contributed by atoms with Crippen LogP contribution < -0.4 is 4.98 Å². The molecule has 0 fully saturated rings. The minimum atomic E-state index is -0.918. The molecular formula is C21H14F2N5O4+. The first-order valence-electron chi connectivity index (χ1n) is 9.30. The molecule has 1 aromatic carbocycles. The summed E-state index contributed by atoms with van der Waals surface area (Å²) in [5.74, 6) is -3.97. The molecule has 9 nitrogen and oxygen atoms in total. The number of aryl methyl sites for hydroxylation is 1. The van der Waals surface area contributed by atoms with E-state index in [0.29, 0.717) is 17.3 Å². The van der Waals surface area contributed by atoms with Crippen molar-refractivity contribution in [1.29, 1.82) is 0 Å². The molecule has 0 amide bonds. The second-order valence-corrected chi connectivity index (χ2v) is 6.99. The Balaban J connectivity index is 1.84. The average Bonchev–Trinajstić information content (AvgIpc) is 3.45. The summed E-state index contributed by atoms with van der Waals surface area (Å²) in [6, 6.07) is 5.52. The van der Waals surface area contributed by atoms with Crippen LogP contribution in [0.2, 0.25) is 0 Å². The number of furan rings is 1. The largest absolute Gasteiger partial charge is 0.501 e. The van der Waals surface area contributed by atoms with E-state index in [9.17, 15) is 23.8 Å². The highest BCUT2D eigenvalue weighted by Crippen LogP contribution is 2.43. The van der Waals surface area contributed by atoms with Gasteiger partial charge in [-0.3, -0.25) is 4.79 Å². The van der Waals surface area contributed by atoms with Gasteiger partial charge in [0, 0.05) is 11.6 Å². The minimum Gasteiger partial charge on any atom is -0.501 e. The van der Waals surface area contributed by atoms with Crippen molar-refractivity contribution in [2.24, 2.45) is 0 Å². The van der Waals surface area contributed by atoms with E-state index < -0.39 is 34.6 Å². The highest BCUT2D eigenvalue weighted by Gasteiger charge is 2.36. The zero-order chi connectivity index (χ0) is 22.6. The zero-order valence-corrected chi connectivity index (χ0v) is 16.3. The van der Waals surface area contributed by atoms with E-state index in [4.69, 9.17) is 4.42 Å². The molecule has 5 aromatic rings. The van der Waals surface area contributed by atoms with Gasteiger partial charge in [0.15, 0.2) is 5.76 Å². The van der Waals surface area contributed by atoms with Crippen molar-refractivity contribution >= 4 is 16.9 Å². The molecule has 32 heavy (non-hydrogen) atoms. The van der Waals surface area contributed by atoms with Gasteiger partial charge in [0.05, 0.1) is 12.5 Å². The average molecular weight is 438 g/mol. The number of ketones is 1. The van der Waals surface area contributed by atoms with Crippen LogP contribution in [0.1, 0.15) is 21.9 Å². The highest BCUT2D eigenvalue weighted by molar-refractivity contribution is 6.13. The lowest BCUT2D eigenvalue weighted by Crippen LogP contribution is -2.17. The molecular weight excluding hydrogens is 424 g/mol. The van der Waals surface area contributed by atoms with E-state index in [0.717, 1.165) is 16.7 Å². The van der Waals surface area contributed by atoms with Crippen LogP contribution in [-0.2, 0) is 0 Å². The molecule has 11 heteroatoms. The van der Waals surface area contributed by atoms with Crippen molar-refractivity contribution < 1.29 is 33.2 Å². The number of fused-ring (bicyclic) bond motifs is 1. The van der Waals surface area contributed by atoms with Gasteiger partial charge >= 0.3 is 11.8 Å². The van der Waals surface area contributed by atoms with Gasteiger partial charge in [-0.25, -0.2) is 18.7 Å². The monoisotopic (exact) mass is 438 g/mol. The van der Waals surface area contributed by atoms with Gasteiger partial charge in [0.25, 0.3) is 5.65 Å². The fourth-order valence-corrected chi connectivity index (χ4v) is 3.49. The van der Waals surface area contributed by atoms with E-state index in [1.165, 1.54) is 18.6 Å². The number of aromatic hydroxyl groups is 2. The van der Waals surface area contributed by atoms with Crippen LogP contribution in [0.3, 0.4) is 0 Å². The molecule has 4 heterocycles. The van der Waals surface area contributed by atoms with Crippen LogP contribution in [0.5, 0.6) is 11.6 Å². The second-order valence-electron chi connectivity index (χ2n) is 6.99. The molecule has 4 aromatic heterocycles. The number of aromatic amines is 2. The summed E-state index contributed by atoms with van der Waals surface area (Å²) in [6.45, 7) is 1.63. The first kappa shape index (κ1) is 19.4. The highest BCUT2D eigenvalue weighted by atomic mass is 19.1. The van der Waals surface area contributed by atoms with Crippen LogP contribution in [0, 0.1) is 18.6 Å². The fraction of sp³-hybridized carbons (Fsp3) is 0.0476. The van der Waals surface area contributed by atoms with Gasteiger partial charge < -0.3 is 19.6 Å². The number of halogens is 2. The van der Waals surface area contributed by atoms with Crippen molar-refractivity contribution in [3.05, 3.63) is 71.6 Å². The summed E-state index contributed by atoms with van der Waals surface area (Å²) in [4.78, 5) is 27.1. The number of imidazole rings is 1. The van der Waals surface area contributed by atoms with Crippen LogP contribution in [0.15, 0.2) is 47.3 Å². The van der Waals surface area contributed by atoms with Crippen molar-refractivity contribution in [1.82, 2.24) is 19.5 Å². The zero-order valence-electron chi connectivity index (χ0n) is 16.3. The molecule has 0 bridgehead atoms. The molecule has 5 rings (SSSR count). The number of nitrogens with one attached hydrogen (secondary N) is 2. The Morgan fingerprint density at radius 1 is 1.19 bits per heavy atom. The van der Waals surface area contributed by atoms with E-state index in [1.807, 2.05) is 0 Å². The van der Waals surface area contributed by atoms with Crippen molar-refractivity contribution in [2.75, 3.05) is 0 Å². The molecule has 0 saturated heterocycles. The number of carbonyl (C=O) groups is 1. The molecule has 0 aliphatic rings. The first-order chi connectivity index (χ1) is 15.3. The number of carbonyl (C=O) groups excluding carboxylic acids is 1. The molecule has 4 N–H and O–H groups in total. The van der Waals surface area contributed by atoms with E-state index in [2.05, 4.69) is 19.9 Å². The molecule has 0 spiro atoms. The topological polar surface area (TPSA) is 131 Å².